The van der Waals surface area contributed by atoms with Crippen LogP contribution >= 0.6 is 46.6 Å². The highest BCUT2D eigenvalue weighted by molar-refractivity contribution is 8.05. The van der Waals surface area contributed by atoms with Crippen molar-refractivity contribution in [2.75, 3.05) is 18.4 Å². The van der Waals surface area contributed by atoms with E-state index in [2.05, 4.69) is 18.5 Å². The third-order valence-corrected chi connectivity index (χ3v) is 6.64. The number of hydrogen-bond acceptors (Lipinski definition) is 5. The number of carbonyl (C=O) groups excluding carboxylic acids is 2. The SMILES string of the molecule is C=CCN(CC=C)C(=O)CC(=O)C(=N)/C(C)=C(\Nc1ccc(Cl)cc1Cl)C1=CCC(Cl)S1. The first-order valence-electron chi connectivity index (χ1n) is 9.73. The molecule has 32 heavy (non-hydrogen) atoms. The summed E-state index contributed by atoms with van der Waals surface area (Å²) in [5.41, 5.74) is 1.24. The molecule has 1 aliphatic rings. The van der Waals surface area contributed by atoms with Crippen LogP contribution in [0, 0.1) is 5.41 Å². The number of alkyl halides is 1. The molecule has 0 saturated heterocycles. The van der Waals surface area contributed by atoms with Gasteiger partial charge >= 0.3 is 0 Å². The molecular weight excluding hydrogens is 489 g/mol. The molecule has 0 radical (unpaired) electrons. The van der Waals surface area contributed by atoms with Crippen molar-refractivity contribution in [3.8, 4) is 0 Å². The number of nitrogens with zero attached hydrogens (tertiary/aromatic N) is 1. The summed E-state index contributed by atoms with van der Waals surface area (Å²) in [4.78, 5) is 27.5. The highest BCUT2D eigenvalue weighted by Crippen LogP contribution is 2.41. The average Bonchev–Trinajstić information content (AvgIpc) is 3.17. The van der Waals surface area contributed by atoms with Crippen molar-refractivity contribution in [3.63, 3.8) is 0 Å². The first-order chi connectivity index (χ1) is 15.2. The minimum atomic E-state index is -0.585. The number of thioether (sulfide) groups is 1. The third-order valence-electron chi connectivity index (χ3n) is 4.57. The number of anilines is 1. The van der Waals surface area contributed by atoms with Crippen LogP contribution in [-0.4, -0.2) is 40.1 Å². The van der Waals surface area contributed by atoms with E-state index in [-0.39, 0.29) is 10.4 Å². The molecule has 170 valence electrons. The smallest absolute Gasteiger partial charge is 0.231 e. The molecule has 2 rings (SSSR count). The van der Waals surface area contributed by atoms with E-state index in [1.807, 2.05) is 6.08 Å². The second kappa shape index (κ2) is 12.3. The number of rotatable bonds is 11. The van der Waals surface area contributed by atoms with Gasteiger partial charge in [0.25, 0.3) is 0 Å². The van der Waals surface area contributed by atoms with Crippen molar-refractivity contribution in [2.45, 2.75) is 24.5 Å². The van der Waals surface area contributed by atoms with Gasteiger partial charge in [-0.15, -0.1) is 36.5 Å². The van der Waals surface area contributed by atoms with Gasteiger partial charge in [0.1, 0.15) is 5.71 Å². The van der Waals surface area contributed by atoms with Crippen LogP contribution in [0.25, 0.3) is 0 Å². The normalized spacial score (nSPS) is 16.0. The Morgan fingerprint density at radius 3 is 2.47 bits per heavy atom. The van der Waals surface area contributed by atoms with E-state index in [1.54, 1.807) is 37.3 Å². The summed E-state index contributed by atoms with van der Waals surface area (Å²) >= 11 is 20.0. The Hall–Kier alpha value is -1.99. The maximum absolute atomic E-state index is 12.8. The van der Waals surface area contributed by atoms with Crippen molar-refractivity contribution in [1.29, 1.82) is 5.41 Å². The van der Waals surface area contributed by atoms with Gasteiger partial charge in [0.15, 0.2) is 5.78 Å². The first-order valence-corrected chi connectivity index (χ1v) is 11.8. The molecule has 1 aromatic carbocycles. The lowest BCUT2D eigenvalue weighted by atomic mass is 10.0. The van der Waals surface area contributed by atoms with E-state index in [1.165, 1.54) is 16.7 Å². The fourth-order valence-corrected chi connectivity index (χ4v) is 4.74. The monoisotopic (exact) mass is 511 g/mol. The Morgan fingerprint density at radius 1 is 1.28 bits per heavy atom. The van der Waals surface area contributed by atoms with Crippen LogP contribution in [0.4, 0.5) is 5.69 Å². The minimum absolute atomic E-state index is 0.145. The second-order valence-electron chi connectivity index (χ2n) is 6.93. The van der Waals surface area contributed by atoms with Gasteiger partial charge in [-0.25, -0.2) is 0 Å². The second-order valence-corrected chi connectivity index (χ2v) is 9.81. The zero-order chi connectivity index (χ0) is 23.8. The molecule has 1 atom stereocenters. The van der Waals surface area contributed by atoms with Crippen LogP contribution in [0.15, 0.2) is 65.8 Å². The molecule has 5 nitrogen and oxygen atoms in total. The van der Waals surface area contributed by atoms with E-state index < -0.39 is 18.1 Å². The molecular formula is C23H24Cl3N3O2S. The largest absolute Gasteiger partial charge is 0.353 e. The van der Waals surface area contributed by atoms with Gasteiger partial charge in [0.2, 0.25) is 5.91 Å². The van der Waals surface area contributed by atoms with Crippen molar-refractivity contribution in [3.05, 3.63) is 75.8 Å². The van der Waals surface area contributed by atoms with Gasteiger partial charge in [0, 0.05) is 28.6 Å². The summed E-state index contributed by atoms with van der Waals surface area (Å²) in [6, 6.07) is 5.00. The zero-order valence-corrected chi connectivity index (χ0v) is 20.7. The van der Waals surface area contributed by atoms with Gasteiger partial charge in [-0.05, 0) is 31.5 Å². The van der Waals surface area contributed by atoms with E-state index in [0.29, 0.717) is 46.5 Å². The molecule has 1 unspecified atom stereocenters. The number of ketones is 1. The van der Waals surface area contributed by atoms with Gasteiger partial charge in [-0.2, -0.15) is 0 Å². The Balaban J connectivity index is 2.32. The molecule has 0 fully saturated rings. The summed E-state index contributed by atoms with van der Waals surface area (Å²) in [6.07, 6.45) is 5.32. The quantitative estimate of drug-likeness (QED) is 0.155. The molecule has 9 heteroatoms. The molecule has 0 bridgehead atoms. The Labute approximate surface area is 207 Å². The molecule has 1 amide bonds. The molecule has 0 aliphatic carbocycles. The van der Waals surface area contributed by atoms with Crippen molar-refractivity contribution in [1.82, 2.24) is 4.90 Å². The summed E-state index contributed by atoms with van der Waals surface area (Å²) < 4.78 is -0.145. The maximum atomic E-state index is 12.8. The van der Waals surface area contributed by atoms with E-state index in [0.717, 1.165) is 4.91 Å². The van der Waals surface area contributed by atoms with Crippen LogP contribution in [0.1, 0.15) is 19.8 Å². The van der Waals surface area contributed by atoms with Gasteiger partial charge < -0.3 is 10.2 Å². The van der Waals surface area contributed by atoms with Gasteiger partial charge in [-0.3, -0.25) is 15.0 Å². The number of allylic oxidation sites excluding steroid dienone is 2. The van der Waals surface area contributed by atoms with Crippen molar-refractivity contribution in [2.24, 2.45) is 0 Å². The van der Waals surface area contributed by atoms with Crippen LogP contribution in [0.2, 0.25) is 10.0 Å². The minimum Gasteiger partial charge on any atom is -0.353 e. The summed E-state index contributed by atoms with van der Waals surface area (Å²) in [5, 5.41) is 12.6. The molecule has 1 aliphatic heterocycles. The highest BCUT2D eigenvalue weighted by Gasteiger charge is 2.25. The number of nitrogens with one attached hydrogen (secondary N) is 2. The molecule has 0 saturated carbocycles. The van der Waals surface area contributed by atoms with Crippen molar-refractivity contribution < 1.29 is 9.59 Å². The maximum Gasteiger partial charge on any atom is 0.231 e. The van der Waals surface area contributed by atoms with Crippen LogP contribution in [-0.2, 0) is 9.59 Å². The summed E-state index contributed by atoms with van der Waals surface area (Å²) in [6.45, 7) is 9.49. The summed E-state index contributed by atoms with van der Waals surface area (Å²) in [5.74, 6) is -0.976. The number of halogens is 3. The lowest BCUT2D eigenvalue weighted by Gasteiger charge is -2.20. The van der Waals surface area contributed by atoms with Crippen LogP contribution in [0.5, 0.6) is 0 Å². The standard InChI is InChI=1S/C23H24Cl3N3O2S/c1-4-10-29(11-5-2)21(31)13-18(30)22(27)14(3)23(19-8-9-20(26)32-19)28-17-7-6-15(24)12-16(17)25/h4-8,12,20,27-28H,1-2,9-11,13H2,3H3/b23-14-,27-22?. The number of carbonyl (C=O) groups is 2. The fourth-order valence-electron chi connectivity index (χ4n) is 2.92. The summed E-state index contributed by atoms with van der Waals surface area (Å²) in [7, 11) is 0. The first kappa shape index (κ1) is 26.3. The predicted molar refractivity (Wildman–Crippen MR) is 137 cm³/mol. The zero-order valence-electron chi connectivity index (χ0n) is 17.6. The van der Waals surface area contributed by atoms with E-state index >= 15 is 0 Å². The molecule has 0 aromatic heterocycles. The van der Waals surface area contributed by atoms with Gasteiger partial charge in [-0.1, -0.05) is 41.4 Å². The molecule has 0 spiro atoms. The number of benzene rings is 1. The fraction of sp³-hybridized carbons (Fsp3) is 0.261. The Bertz CT molecular complexity index is 994. The number of amides is 1. The molecule has 1 heterocycles. The average molecular weight is 513 g/mol. The lowest BCUT2D eigenvalue weighted by Crippen LogP contribution is -2.34. The van der Waals surface area contributed by atoms with Gasteiger partial charge in [0.05, 0.1) is 27.5 Å². The lowest BCUT2D eigenvalue weighted by molar-refractivity contribution is -0.132. The topological polar surface area (TPSA) is 73.3 Å². The van der Waals surface area contributed by atoms with E-state index in [9.17, 15) is 9.59 Å². The number of hydrogen-bond donors (Lipinski definition) is 2. The Kier molecular flexibility index (Phi) is 10.1. The highest BCUT2D eigenvalue weighted by atomic mass is 35.5. The van der Waals surface area contributed by atoms with Crippen LogP contribution < -0.4 is 5.32 Å². The van der Waals surface area contributed by atoms with E-state index in [4.69, 9.17) is 40.2 Å². The Morgan fingerprint density at radius 2 is 1.94 bits per heavy atom. The molecule has 2 N–H and O–H groups in total. The van der Waals surface area contributed by atoms with Crippen molar-refractivity contribution >= 4 is 69.7 Å². The molecule has 1 aromatic rings. The third kappa shape index (κ3) is 7.01. The number of Topliss-reactive ketones (excluding diaryl/α,β-unsaturated/α-hetero) is 1. The predicted octanol–water partition coefficient (Wildman–Crippen LogP) is 6.44. The van der Waals surface area contributed by atoms with Crippen LogP contribution in [0.3, 0.4) is 0 Å².